The Hall–Kier alpha value is -4.05. The second-order valence-electron chi connectivity index (χ2n) is 11.1. The number of hydrogen-bond donors (Lipinski definition) is 1. The van der Waals surface area contributed by atoms with E-state index in [9.17, 15) is 14.4 Å². The molecule has 0 bridgehead atoms. The topological polar surface area (TPSA) is 115 Å². The van der Waals surface area contributed by atoms with Gasteiger partial charge in [0.15, 0.2) is 0 Å². The van der Waals surface area contributed by atoms with E-state index < -0.39 is 11.5 Å². The summed E-state index contributed by atoms with van der Waals surface area (Å²) < 4.78 is 2.93. The van der Waals surface area contributed by atoms with Gasteiger partial charge in [0.05, 0.1) is 17.6 Å². The van der Waals surface area contributed by atoms with Crippen LogP contribution in [0.3, 0.4) is 0 Å². The second-order valence-corrected chi connectivity index (χ2v) is 11.5. The Morgan fingerprint density at radius 3 is 2.56 bits per heavy atom. The summed E-state index contributed by atoms with van der Waals surface area (Å²) in [6, 6.07) is 10.4. The SMILES string of the molecule is CC1(C)CN(C(=O)Cn2c(=O)c(C(=O)NCc3ccc(Cl)cc3)cc3c(-n4cc(C5CC5)nn4)ccnc32)C1. The summed E-state index contributed by atoms with van der Waals surface area (Å²) in [7, 11) is 0. The fourth-order valence-electron chi connectivity index (χ4n) is 5.00. The first kappa shape index (κ1) is 25.2. The van der Waals surface area contributed by atoms with Crippen LogP contribution in [-0.4, -0.2) is 54.3 Å². The molecular weight excluding hydrogens is 518 g/mol. The number of carbonyl (C=O) groups is 2. The molecule has 4 heterocycles. The standard InChI is InChI=1S/C28H28ClN7O3/c1-28(2)15-34(16-28)24(37)14-35-25-20(23(9-10-30-25)36-13-22(32-33-36)18-5-6-18)11-21(27(35)39)26(38)31-12-17-3-7-19(29)8-4-17/h3-4,7-11,13,18H,5-6,12,14-16H2,1-2H3,(H,31,38). The number of amides is 2. The van der Waals surface area contributed by atoms with Gasteiger partial charge in [-0.15, -0.1) is 5.10 Å². The molecule has 2 aliphatic rings. The Morgan fingerprint density at radius 2 is 1.87 bits per heavy atom. The summed E-state index contributed by atoms with van der Waals surface area (Å²) in [5.74, 6) is -0.326. The number of rotatable bonds is 7. The number of pyridine rings is 2. The van der Waals surface area contributed by atoms with Crippen molar-refractivity contribution in [2.24, 2.45) is 5.41 Å². The second kappa shape index (κ2) is 9.60. The average Bonchev–Trinajstić information content (AvgIpc) is 3.64. The summed E-state index contributed by atoms with van der Waals surface area (Å²) in [6.45, 7) is 5.40. The van der Waals surface area contributed by atoms with Crippen molar-refractivity contribution in [1.82, 2.24) is 34.8 Å². The van der Waals surface area contributed by atoms with Crippen LogP contribution in [0.15, 0.2) is 53.6 Å². The first-order valence-corrected chi connectivity index (χ1v) is 13.3. The number of halogens is 1. The van der Waals surface area contributed by atoms with Gasteiger partial charge in [0.2, 0.25) is 5.91 Å². The largest absolute Gasteiger partial charge is 0.348 e. The molecular formula is C28H28ClN7O3. The van der Waals surface area contributed by atoms with Gasteiger partial charge in [-0.1, -0.05) is 42.8 Å². The van der Waals surface area contributed by atoms with Crippen LogP contribution in [0.25, 0.3) is 16.7 Å². The van der Waals surface area contributed by atoms with E-state index in [2.05, 4.69) is 34.5 Å². The number of nitrogens with zero attached hydrogens (tertiary/aromatic N) is 6. The van der Waals surface area contributed by atoms with Crippen molar-refractivity contribution in [1.29, 1.82) is 0 Å². The van der Waals surface area contributed by atoms with Crippen molar-refractivity contribution in [3.63, 3.8) is 0 Å². The quantitative estimate of drug-likeness (QED) is 0.381. The number of likely N-dealkylation sites (tertiary alicyclic amines) is 1. The van der Waals surface area contributed by atoms with Crippen LogP contribution in [-0.2, 0) is 17.9 Å². The van der Waals surface area contributed by atoms with E-state index in [1.807, 2.05) is 6.20 Å². The molecule has 1 N–H and O–H groups in total. The highest BCUT2D eigenvalue weighted by Crippen LogP contribution is 2.39. The minimum atomic E-state index is -0.578. The lowest BCUT2D eigenvalue weighted by Gasteiger charge is -2.45. The summed E-state index contributed by atoms with van der Waals surface area (Å²) >= 11 is 5.97. The molecule has 39 heavy (non-hydrogen) atoms. The van der Waals surface area contributed by atoms with Crippen molar-refractivity contribution in [2.75, 3.05) is 13.1 Å². The van der Waals surface area contributed by atoms with Crippen molar-refractivity contribution < 1.29 is 9.59 Å². The van der Waals surface area contributed by atoms with E-state index in [1.165, 1.54) is 10.6 Å². The third-order valence-corrected chi connectivity index (χ3v) is 7.47. The molecule has 1 aliphatic carbocycles. The molecule has 3 aromatic heterocycles. The molecule has 0 radical (unpaired) electrons. The van der Waals surface area contributed by atoms with Crippen LogP contribution >= 0.6 is 11.6 Å². The van der Waals surface area contributed by atoms with Crippen molar-refractivity contribution in [3.05, 3.63) is 81.0 Å². The third kappa shape index (κ3) is 5.04. The molecule has 200 valence electrons. The van der Waals surface area contributed by atoms with Crippen LogP contribution in [0.4, 0.5) is 0 Å². The van der Waals surface area contributed by atoms with Gasteiger partial charge in [-0.3, -0.25) is 19.0 Å². The molecule has 1 saturated carbocycles. The predicted octanol–water partition coefficient (Wildman–Crippen LogP) is 3.31. The minimum absolute atomic E-state index is 0.0455. The van der Waals surface area contributed by atoms with Crippen molar-refractivity contribution in [3.8, 4) is 5.69 Å². The lowest BCUT2D eigenvalue weighted by atomic mass is 9.84. The van der Waals surface area contributed by atoms with Gasteiger partial charge in [-0.25, -0.2) is 9.67 Å². The van der Waals surface area contributed by atoms with Gasteiger partial charge in [-0.2, -0.15) is 0 Å². The summed E-state index contributed by atoms with van der Waals surface area (Å²) in [5, 5.41) is 12.5. The maximum absolute atomic E-state index is 13.7. The summed E-state index contributed by atoms with van der Waals surface area (Å²) in [6.07, 6.45) is 5.62. The molecule has 2 amide bonds. The van der Waals surface area contributed by atoms with Crippen LogP contribution in [0.2, 0.25) is 5.02 Å². The first-order valence-electron chi connectivity index (χ1n) is 12.9. The Morgan fingerprint density at radius 1 is 1.13 bits per heavy atom. The monoisotopic (exact) mass is 545 g/mol. The normalized spacial score (nSPS) is 16.2. The van der Waals surface area contributed by atoms with Gasteiger partial charge in [0.1, 0.15) is 17.8 Å². The lowest BCUT2D eigenvalue weighted by Crippen LogP contribution is -2.56. The van der Waals surface area contributed by atoms with E-state index in [1.54, 1.807) is 46.1 Å². The zero-order valence-electron chi connectivity index (χ0n) is 21.7. The number of benzene rings is 1. The van der Waals surface area contributed by atoms with E-state index in [-0.39, 0.29) is 30.0 Å². The highest BCUT2D eigenvalue weighted by Gasteiger charge is 2.37. The number of fused-ring (bicyclic) bond motifs is 1. The molecule has 10 nitrogen and oxygen atoms in total. The average molecular weight is 546 g/mol. The van der Waals surface area contributed by atoms with Crippen molar-refractivity contribution >= 4 is 34.4 Å². The first-order chi connectivity index (χ1) is 18.7. The zero-order valence-corrected chi connectivity index (χ0v) is 22.5. The van der Waals surface area contributed by atoms with Gasteiger partial charge >= 0.3 is 0 Å². The van der Waals surface area contributed by atoms with Crippen LogP contribution < -0.4 is 10.9 Å². The fourth-order valence-corrected chi connectivity index (χ4v) is 5.13. The fraction of sp³-hybridized carbons (Fsp3) is 0.357. The molecule has 11 heteroatoms. The molecule has 1 saturated heterocycles. The van der Waals surface area contributed by atoms with Crippen LogP contribution in [0, 0.1) is 5.41 Å². The Labute approximate surface area is 229 Å². The van der Waals surface area contributed by atoms with Gasteiger partial charge in [0.25, 0.3) is 11.5 Å². The Balaban J connectivity index is 1.40. The van der Waals surface area contributed by atoms with E-state index in [4.69, 9.17) is 11.6 Å². The zero-order chi connectivity index (χ0) is 27.3. The lowest BCUT2D eigenvalue weighted by molar-refractivity contribution is -0.142. The molecule has 1 aliphatic heterocycles. The number of nitrogens with one attached hydrogen (secondary N) is 1. The van der Waals surface area contributed by atoms with E-state index in [0.717, 1.165) is 24.1 Å². The Kier molecular flexibility index (Phi) is 6.22. The van der Waals surface area contributed by atoms with Gasteiger partial charge in [0, 0.05) is 42.2 Å². The molecule has 1 aromatic carbocycles. The third-order valence-electron chi connectivity index (χ3n) is 7.21. The van der Waals surface area contributed by atoms with Crippen molar-refractivity contribution in [2.45, 2.75) is 45.7 Å². The number of aromatic nitrogens is 5. The van der Waals surface area contributed by atoms with E-state index >= 15 is 0 Å². The van der Waals surface area contributed by atoms with Gasteiger partial charge in [-0.05, 0) is 48.1 Å². The van der Waals surface area contributed by atoms with Crippen LogP contribution in [0.5, 0.6) is 0 Å². The maximum Gasteiger partial charge on any atom is 0.265 e. The highest BCUT2D eigenvalue weighted by atomic mass is 35.5. The number of carbonyl (C=O) groups excluding carboxylic acids is 2. The minimum Gasteiger partial charge on any atom is -0.348 e. The molecule has 4 aromatic rings. The van der Waals surface area contributed by atoms with E-state index in [0.29, 0.717) is 40.8 Å². The summed E-state index contributed by atoms with van der Waals surface area (Å²) in [4.78, 5) is 46.3. The van der Waals surface area contributed by atoms with Gasteiger partial charge < -0.3 is 10.2 Å². The smallest absolute Gasteiger partial charge is 0.265 e. The highest BCUT2D eigenvalue weighted by molar-refractivity contribution is 6.30. The molecule has 2 fully saturated rings. The molecule has 6 rings (SSSR count). The molecule has 0 spiro atoms. The molecule has 0 atom stereocenters. The summed E-state index contributed by atoms with van der Waals surface area (Å²) in [5.41, 5.74) is 2.06. The Bertz CT molecular complexity index is 1650. The predicted molar refractivity (Wildman–Crippen MR) is 146 cm³/mol. The van der Waals surface area contributed by atoms with Crippen LogP contribution in [0.1, 0.15) is 54.2 Å². The maximum atomic E-state index is 13.7. The number of hydrogen-bond acceptors (Lipinski definition) is 6. The molecule has 0 unspecified atom stereocenters.